The Balaban J connectivity index is 1.50. The Labute approximate surface area is 150 Å². The molecule has 1 aliphatic rings. The summed E-state index contributed by atoms with van der Waals surface area (Å²) in [6.45, 7) is 4.95. The lowest BCUT2D eigenvalue weighted by atomic mass is 9.90. The Kier molecular flexibility index (Phi) is 6.10. The van der Waals surface area contributed by atoms with Crippen molar-refractivity contribution in [3.8, 4) is 5.75 Å². The molecular weight excluding hydrogens is 310 g/mol. The summed E-state index contributed by atoms with van der Waals surface area (Å²) in [5, 5.41) is 0. The van der Waals surface area contributed by atoms with Crippen molar-refractivity contribution in [3.63, 3.8) is 0 Å². The highest BCUT2D eigenvalue weighted by Gasteiger charge is 2.19. The van der Waals surface area contributed by atoms with Gasteiger partial charge in [-0.3, -0.25) is 4.79 Å². The maximum absolute atomic E-state index is 10.3. The van der Waals surface area contributed by atoms with Gasteiger partial charge in [-0.15, -0.1) is 0 Å². The number of carbonyl (C=O) groups excluding carboxylic acids is 1. The molecule has 0 radical (unpaired) electrons. The number of benzene rings is 2. The molecule has 0 aromatic heterocycles. The molecule has 0 N–H and O–H groups in total. The largest absolute Gasteiger partial charge is 0.429 e. The number of carbonyl (C=O) groups is 1. The Morgan fingerprint density at radius 1 is 1.00 bits per heavy atom. The highest BCUT2D eigenvalue weighted by molar-refractivity contribution is 5.48. The van der Waals surface area contributed by atoms with Gasteiger partial charge in [-0.05, 0) is 67.0 Å². The van der Waals surface area contributed by atoms with Crippen LogP contribution in [0.1, 0.15) is 37.3 Å². The monoisotopic (exact) mass is 337 g/mol. The van der Waals surface area contributed by atoms with E-state index in [-0.39, 0.29) is 0 Å². The predicted octanol–water partition coefficient (Wildman–Crippen LogP) is 4.63. The minimum absolute atomic E-state index is 0.472. The fourth-order valence-electron chi connectivity index (χ4n) is 3.65. The van der Waals surface area contributed by atoms with Crippen LogP contribution in [-0.2, 0) is 17.6 Å². The lowest BCUT2D eigenvalue weighted by molar-refractivity contribution is -0.120. The van der Waals surface area contributed by atoms with Gasteiger partial charge >= 0.3 is 0 Å². The third kappa shape index (κ3) is 4.85. The molecule has 0 spiro atoms. The summed E-state index contributed by atoms with van der Waals surface area (Å²) in [6, 6.07) is 17.0. The first kappa shape index (κ1) is 17.5. The molecule has 0 amide bonds. The summed E-state index contributed by atoms with van der Waals surface area (Å²) >= 11 is 0. The van der Waals surface area contributed by atoms with Gasteiger partial charge in [-0.2, -0.15) is 0 Å². The van der Waals surface area contributed by atoms with Crippen molar-refractivity contribution in [1.29, 1.82) is 0 Å². The maximum atomic E-state index is 10.3. The molecule has 3 rings (SSSR count). The third-order valence-electron chi connectivity index (χ3n) is 5.09. The van der Waals surface area contributed by atoms with Crippen molar-refractivity contribution in [3.05, 3.63) is 59.7 Å². The molecule has 2 aromatic carbocycles. The smallest absolute Gasteiger partial charge is 0.298 e. The standard InChI is InChI=1S/C22H27NO2/c1-2-3-18-4-8-21(9-5-18)23-14-12-20(13-15-23)16-19-6-10-22(11-7-19)25-17-24/h4-11,17,20H,2-3,12-16H2,1H3. The molecule has 0 atom stereocenters. The molecule has 0 aliphatic carbocycles. The number of hydrogen-bond donors (Lipinski definition) is 0. The number of ether oxygens (including phenoxy) is 1. The first-order valence-corrected chi connectivity index (χ1v) is 9.31. The van der Waals surface area contributed by atoms with Crippen LogP contribution in [0.5, 0.6) is 5.75 Å². The second kappa shape index (κ2) is 8.70. The molecule has 0 saturated carbocycles. The van der Waals surface area contributed by atoms with E-state index in [4.69, 9.17) is 4.74 Å². The lowest BCUT2D eigenvalue weighted by Crippen LogP contribution is -2.34. The van der Waals surface area contributed by atoms with Crippen molar-refractivity contribution in [2.75, 3.05) is 18.0 Å². The molecule has 1 fully saturated rings. The van der Waals surface area contributed by atoms with Gasteiger partial charge in [0.05, 0.1) is 0 Å². The second-order valence-electron chi connectivity index (χ2n) is 6.91. The normalized spacial score (nSPS) is 15.2. The Morgan fingerprint density at radius 2 is 1.64 bits per heavy atom. The minimum Gasteiger partial charge on any atom is -0.429 e. The van der Waals surface area contributed by atoms with Crippen LogP contribution in [0.15, 0.2) is 48.5 Å². The second-order valence-corrected chi connectivity index (χ2v) is 6.91. The van der Waals surface area contributed by atoms with Gasteiger partial charge in [0.25, 0.3) is 6.47 Å². The number of anilines is 1. The van der Waals surface area contributed by atoms with Crippen molar-refractivity contribution in [2.45, 2.75) is 39.0 Å². The molecule has 3 nitrogen and oxygen atoms in total. The van der Waals surface area contributed by atoms with E-state index in [1.807, 2.05) is 12.1 Å². The summed E-state index contributed by atoms with van der Waals surface area (Å²) in [5.74, 6) is 1.34. The Morgan fingerprint density at radius 3 is 2.24 bits per heavy atom. The van der Waals surface area contributed by atoms with Crippen LogP contribution in [0.2, 0.25) is 0 Å². The van der Waals surface area contributed by atoms with Crippen LogP contribution in [0.3, 0.4) is 0 Å². The average molecular weight is 337 g/mol. The van der Waals surface area contributed by atoms with E-state index in [1.54, 1.807) is 0 Å². The van der Waals surface area contributed by atoms with Crippen molar-refractivity contribution in [1.82, 2.24) is 0 Å². The van der Waals surface area contributed by atoms with Crippen LogP contribution in [0.25, 0.3) is 0 Å². The van der Waals surface area contributed by atoms with Crippen LogP contribution in [0.4, 0.5) is 5.69 Å². The molecule has 0 bridgehead atoms. The summed E-state index contributed by atoms with van der Waals surface area (Å²) in [7, 11) is 0. The number of piperidine rings is 1. The van der Waals surface area contributed by atoms with Gasteiger partial charge in [0.2, 0.25) is 0 Å². The van der Waals surface area contributed by atoms with Gasteiger partial charge in [-0.1, -0.05) is 37.6 Å². The maximum Gasteiger partial charge on any atom is 0.298 e. The van der Waals surface area contributed by atoms with Crippen molar-refractivity contribution < 1.29 is 9.53 Å². The van der Waals surface area contributed by atoms with E-state index in [0.29, 0.717) is 12.2 Å². The van der Waals surface area contributed by atoms with E-state index in [9.17, 15) is 4.79 Å². The number of rotatable bonds is 7. The van der Waals surface area contributed by atoms with Crippen molar-refractivity contribution in [2.24, 2.45) is 5.92 Å². The van der Waals surface area contributed by atoms with Crippen LogP contribution in [0, 0.1) is 5.92 Å². The van der Waals surface area contributed by atoms with Crippen molar-refractivity contribution >= 4 is 12.2 Å². The lowest BCUT2D eigenvalue weighted by Gasteiger charge is -2.34. The van der Waals surface area contributed by atoms with E-state index in [0.717, 1.165) is 25.4 Å². The minimum atomic E-state index is 0.472. The molecule has 1 heterocycles. The van der Waals surface area contributed by atoms with Crippen LogP contribution >= 0.6 is 0 Å². The third-order valence-corrected chi connectivity index (χ3v) is 5.09. The number of nitrogens with zero attached hydrogens (tertiary/aromatic N) is 1. The predicted molar refractivity (Wildman–Crippen MR) is 102 cm³/mol. The quantitative estimate of drug-likeness (QED) is 0.690. The molecule has 0 unspecified atom stereocenters. The molecule has 132 valence electrons. The van der Waals surface area contributed by atoms with E-state index >= 15 is 0 Å². The summed E-state index contributed by atoms with van der Waals surface area (Å²) < 4.78 is 4.85. The number of aryl methyl sites for hydroxylation is 1. The molecule has 1 aliphatic heterocycles. The topological polar surface area (TPSA) is 29.5 Å². The number of hydrogen-bond acceptors (Lipinski definition) is 3. The fourth-order valence-corrected chi connectivity index (χ4v) is 3.65. The summed E-state index contributed by atoms with van der Waals surface area (Å²) in [6.07, 6.45) is 5.92. The summed E-state index contributed by atoms with van der Waals surface area (Å²) in [4.78, 5) is 12.9. The van der Waals surface area contributed by atoms with E-state index in [2.05, 4.69) is 48.2 Å². The zero-order chi connectivity index (χ0) is 17.5. The van der Waals surface area contributed by atoms with Crippen LogP contribution < -0.4 is 9.64 Å². The van der Waals surface area contributed by atoms with Crippen LogP contribution in [-0.4, -0.2) is 19.6 Å². The van der Waals surface area contributed by atoms with Gasteiger partial charge in [0.15, 0.2) is 0 Å². The highest BCUT2D eigenvalue weighted by Crippen LogP contribution is 2.26. The zero-order valence-corrected chi connectivity index (χ0v) is 15.0. The Bertz CT molecular complexity index is 655. The first-order valence-electron chi connectivity index (χ1n) is 9.31. The van der Waals surface area contributed by atoms with Gasteiger partial charge in [0, 0.05) is 18.8 Å². The van der Waals surface area contributed by atoms with E-state index in [1.165, 1.54) is 42.5 Å². The SMILES string of the molecule is CCCc1ccc(N2CCC(Cc3ccc(OC=O)cc3)CC2)cc1. The summed E-state index contributed by atoms with van der Waals surface area (Å²) in [5.41, 5.74) is 4.11. The molecule has 25 heavy (non-hydrogen) atoms. The first-order chi connectivity index (χ1) is 12.3. The molecule has 1 saturated heterocycles. The fraction of sp³-hybridized carbons (Fsp3) is 0.409. The van der Waals surface area contributed by atoms with E-state index < -0.39 is 0 Å². The molecule has 3 heteroatoms. The zero-order valence-electron chi connectivity index (χ0n) is 15.0. The highest BCUT2D eigenvalue weighted by atomic mass is 16.5. The average Bonchev–Trinajstić information content (AvgIpc) is 2.65. The van der Waals surface area contributed by atoms with Gasteiger partial charge < -0.3 is 9.64 Å². The Hall–Kier alpha value is -2.29. The molecular formula is C22H27NO2. The van der Waals surface area contributed by atoms with Gasteiger partial charge in [-0.25, -0.2) is 0 Å². The molecule has 2 aromatic rings. The van der Waals surface area contributed by atoms with Gasteiger partial charge in [0.1, 0.15) is 5.75 Å².